The molecular weight excluding hydrogens is 334 g/mol. The number of hydrogen-bond acceptors (Lipinski definition) is 2. The summed E-state index contributed by atoms with van der Waals surface area (Å²) in [6.45, 7) is 10.9. The van der Waals surface area contributed by atoms with Gasteiger partial charge in [-0.2, -0.15) is 4.57 Å². The second-order valence-electron chi connectivity index (χ2n) is 7.25. The van der Waals surface area contributed by atoms with Gasteiger partial charge in [-0.15, -0.1) is 0 Å². The van der Waals surface area contributed by atoms with Gasteiger partial charge in [-0.3, -0.25) is 4.98 Å². The second-order valence-corrected chi connectivity index (χ2v) is 7.25. The highest BCUT2D eigenvalue weighted by Gasteiger charge is 2.22. The van der Waals surface area contributed by atoms with Crippen molar-refractivity contribution in [3.05, 3.63) is 60.2 Å². The topological polar surface area (TPSA) is 30.9 Å². The lowest BCUT2D eigenvalue weighted by molar-refractivity contribution is -0.659. The van der Waals surface area contributed by atoms with Crippen LogP contribution in [-0.2, 0) is 7.05 Å². The number of hydrogen-bond donors (Lipinski definition) is 0. The SMILES string of the molecule is CCC(C)C.COc1cc(C)c(-n2cc[n+](C)c2-c2ccncc2)c(C)c1. The van der Waals surface area contributed by atoms with Gasteiger partial charge in [0.1, 0.15) is 23.8 Å². The molecule has 0 aliphatic carbocycles. The van der Waals surface area contributed by atoms with Crippen LogP contribution < -0.4 is 9.30 Å². The lowest BCUT2D eigenvalue weighted by atomic mass is 10.1. The van der Waals surface area contributed by atoms with E-state index >= 15 is 0 Å². The zero-order valence-corrected chi connectivity index (χ0v) is 17.7. The van der Waals surface area contributed by atoms with E-state index in [2.05, 4.69) is 80.3 Å². The zero-order valence-electron chi connectivity index (χ0n) is 17.7. The molecule has 2 heterocycles. The predicted molar refractivity (Wildman–Crippen MR) is 111 cm³/mol. The quantitative estimate of drug-likeness (QED) is 0.606. The van der Waals surface area contributed by atoms with E-state index in [9.17, 15) is 0 Å². The zero-order chi connectivity index (χ0) is 20.0. The van der Waals surface area contributed by atoms with E-state index in [1.54, 1.807) is 7.11 Å². The fourth-order valence-corrected chi connectivity index (χ4v) is 2.92. The van der Waals surface area contributed by atoms with Gasteiger partial charge >= 0.3 is 0 Å². The molecule has 0 radical (unpaired) electrons. The molecule has 0 aliphatic rings. The van der Waals surface area contributed by atoms with E-state index in [1.165, 1.54) is 23.2 Å². The summed E-state index contributed by atoms with van der Waals surface area (Å²) in [5, 5.41) is 0. The molecule has 3 aromatic rings. The monoisotopic (exact) mass is 366 g/mol. The van der Waals surface area contributed by atoms with Crippen molar-refractivity contribution in [1.82, 2.24) is 9.55 Å². The first-order valence-electron chi connectivity index (χ1n) is 9.52. The molecule has 0 amide bonds. The van der Waals surface area contributed by atoms with Crippen LogP contribution in [0.25, 0.3) is 17.1 Å². The van der Waals surface area contributed by atoms with E-state index in [0.717, 1.165) is 23.1 Å². The third-order valence-corrected chi connectivity index (χ3v) is 4.70. The summed E-state index contributed by atoms with van der Waals surface area (Å²) in [6.07, 6.45) is 9.11. The van der Waals surface area contributed by atoms with Crippen LogP contribution in [0.2, 0.25) is 0 Å². The van der Waals surface area contributed by atoms with E-state index in [-0.39, 0.29) is 0 Å². The molecular formula is C23H32N3O+. The average Bonchev–Trinajstić information content (AvgIpc) is 3.03. The molecule has 0 unspecified atom stereocenters. The Kier molecular flexibility index (Phi) is 7.17. The van der Waals surface area contributed by atoms with Crippen molar-refractivity contribution >= 4 is 0 Å². The average molecular weight is 367 g/mol. The number of methoxy groups -OCH3 is 1. The van der Waals surface area contributed by atoms with Crippen LogP contribution in [0.15, 0.2) is 49.1 Å². The number of aryl methyl sites for hydroxylation is 3. The Balaban J connectivity index is 0.000000465. The second kappa shape index (κ2) is 9.36. The van der Waals surface area contributed by atoms with Crippen molar-refractivity contribution in [2.75, 3.05) is 7.11 Å². The molecule has 144 valence electrons. The Bertz CT molecular complexity index is 844. The maximum absolute atomic E-state index is 5.36. The Hall–Kier alpha value is -2.62. The molecule has 2 aromatic heterocycles. The summed E-state index contributed by atoms with van der Waals surface area (Å²) in [5.41, 5.74) is 4.69. The number of imidazole rings is 1. The Morgan fingerprint density at radius 1 is 1.11 bits per heavy atom. The van der Waals surface area contributed by atoms with Gasteiger partial charge in [0.2, 0.25) is 0 Å². The van der Waals surface area contributed by atoms with Crippen molar-refractivity contribution in [3.8, 4) is 22.8 Å². The smallest absolute Gasteiger partial charge is 0.293 e. The minimum Gasteiger partial charge on any atom is -0.497 e. The third kappa shape index (κ3) is 4.97. The van der Waals surface area contributed by atoms with Gasteiger partial charge in [0, 0.05) is 23.5 Å². The van der Waals surface area contributed by atoms with Gasteiger partial charge in [0.05, 0.1) is 19.7 Å². The first kappa shape index (κ1) is 20.7. The molecule has 0 aliphatic heterocycles. The highest BCUT2D eigenvalue weighted by Crippen LogP contribution is 2.28. The molecule has 4 heteroatoms. The standard InChI is InChI=1S/C18H20N3O.C5H12/c1-13-11-16(22-4)12-14(2)17(13)21-10-9-20(3)18(21)15-5-7-19-8-6-15;1-4-5(2)3/h5-12H,1-4H3;5H,4H2,1-3H3/q+1;. The summed E-state index contributed by atoms with van der Waals surface area (Å²) in [6, 6.07) is 8.19. The van der Waals surface area contributed by atoms with Crippen molar-refractivity contribution in [3.63, 3.8) is 0 Å². The number of nitrogens with zero attached hydrogens (tertiary/aromatic N) is 3. The molecule has 0 atom stereocenters. The summed E-state index contributed by atoms with van der Waals surface area (Å²) < 4.78 is 9.71. The summed E-state index contributed by atoms with van der Waals surface area (Å²) in [4.78, 5) is 4.11. The van der Waals surface area contributed by atoms with Crippen LogP contribution in [0, 0.1) is 19.8 Å². The summed E-state index contributed by atoms with van der Waals surface area (Å²) in [5.74, 6) is 2.90. The van der Waals surface area contributed by atoms with Crippen molar-refractivity contribution in [2.24, 2.45) is 13.0 Å². The van der Waals surface area contributed by atoms with Gasteiger partial charge < -0.3 is 4.74 Å². The first-order chi connectivity index (χ1) is 12.9. The van der Waals surface area contributed by atoms with Crippen LogP contribution in [0.5, 0.6) is 5.75 Å². The first-order valence-corrected chi connectivity index (χ1v) is 9.52. The summed E-state index contributed by atoms with van der Waals surface area (Å²) in [7, 11) is 3.76. The number of ether oxygens (including phenoxy) is 1. The molecule has 27 heavy (non-hydrogen) atoms. The van der Waals surface area contributed by atoms with E-state index < -0.39 is 0 Å². The van der Waals surface area contributed by atoms with Gasteiger partial charge in [0.15, 0.2) is 0 Å². The van der Waals surface area contributed by atoms with Crippen LogP contribution >= 0.6 is 0 Å². The third-order valence-electron chi connectivity index (χ3n) is 4.70. The van der Waals surface area contributed by atoms with Gasteiger partial charge in [-0.05, 0) is 44.0 Å². The summed E-state index contributed by atoms with van der Waals surface area (Å²) >= 11 is 0. The van der Waals surface area contributed by atoms with E-state index in [0.29, 0.717) is 0 Å². The molecule has 0 saturated carbocycles. The minimum absolute atomic E-state index is 0.884. The Morgan fingerprint density at radius 3 is 2.15 bits per heavy atom. The largest absolute Gasteiger partial charge is 0.497 e. The van der Waals surface area contributed by atoms with Gasteiger partial charge in [0.25, 0.3) is 5.82 Å². The van der Waals surface area contributed by atoms with Crippen LogP contribution in [0.4, 0.5) is 0 Å². The molecule has 0 fully saturated rings. The van der Waals surface area contributed by atoms with E-state index in [4.69, 9.17) is 4.74 Å². The molecule has 4 nitrogen and oxygen atoms in total. The van der Waals surface area contributed by atoms with Crippen molar-refractivity contribution < 1.29 is 9.30 Å². The maximum atomic E-state index is 5.36. The number of pyridine rings is 1. The van der Waals surface area contributed by atoms with Crippen LogP contribution in [-0.4, -0.2) is 16.7 Å². The number of aromatic nitrogens is 3. The van der Waals surface area contributed by atoms with Crippen LogP contribution in [0.1, 0.15) is 38.3 Å². The maximum Gasteiger partial charge on any atom is 0.293 e. The lowest BCUT2D eigenvalue weighted by Crippen LogP contribution is -2.29. The minimum atomic E-state index is 0.884. The Morgan fingerprint density at radius 2 is 1.67 bits per heavy atom. The van der Waals surface area contributed by atoms with Crippen LogP contribution in [0.3, 0.4) is 0 Å². The lowest BCUT2D eigenvalue weighted by Gasteiger charge is -2.11. The van der Waals surface area contributed by atoms with E-state index in [1.807, 2.05) is 24.5 Å². The molecule has 1 aromatic carbocycles. The molecule has 0 spiro atoms. The molecule has 0 saturated heterocycles. The predicted octanol–water partition coefficient (Wildman–Crippen LogP) is 5.04. The number of rotatable bonds is 4. The molecule has 3 rings (SSSR count). The van der Waals surface area contributed by atoms with Gasteiger partial charge in [-0.1, -0.05) is 27.2 Å². The Labute approximate surface area is 163 Å². The fourth-order valence-electron chi connectivity index (χ4n) is 2.92. The fraction of sp³-hybridized carbons (Fsp3) is 0.391. The van der Waals surface area contributed by atoms with Gasteiger partial charge in [-0.25, -0.2) is 4.57 Å². The number of benzene rings is 1. The van der Waals surface area contributed by atoms with Crippen molar-refractivity contribution in [1.29, 1.82) is 0 Å². The normalized spacial score (nSPS) is 10.5. The molecule has 0 bridgehead atoms. The molecule has 0 N–H and O–H groups in total. The highest BCUT2D eigenvalue weighted by atomic mass is 16.5. The van der Waals surface area contributed by atoms with Crippen molar-refractivity contribution in [2.45, 2.75) is 41.0 Å². The highest BCUT2D eigenvalue weighted by molar-refractivity contribution is 5.59.